The largest absolute Gasteiger partial charge is 0.479 e. The van der Waals surface area contributed by atoms with Gasteiger partial charge in [0.25, 0.3) is 0 Å². The Morgan fingerprint density at radius 2 is 1.88 bits per heavy atom. The summed E-state index contributed by atoms with van der Waals surface area (Å²) in [5.41, 5.74) is 0. The van der Waals surface area contributed by atoms with Gasteiger partial charge in [-0.3, -0.25) is 0 Å². The van der Waals surface area contributed by atoms with Crippen LogP contribution in [-0.2, 0) is 14.3 Å². The zero-order valence-corrected chi connectivity index (χ0v) is 9.13. The zero-order chi connectivity index (χ0) is 13.2. The summed E-state index contributed by atoms with van der Waals surface area (Å²) in [6.07, 6.45) is -8.44. The van der Waals surface area contributed by atoms with Crippen molar-refractivity contribution < 1.29 is 39.8 Å². The van der Waals surface area contributed by atoms with Crippen LogP contribution in [0.25, 0.3) is 0 Å². The maximum absolute atomic E-state index is 10.6. The summed E-state index contributed by atoms with van der Waals surface area (Å²) < 4.78 is 9.82. The fourth-order valence-corrected chi connectivity index (χ4v) is 1.44. The Balaban J connectivity index is 2.68. The number of aliphatic carboxylic acids is 1. The number of aliphatic hydroxyl groups excluding tert-OH is 4. The minimum atomic E-state index is -1.59. The Bertz CT molecular complexity index is 268. The lowest BCUT2D eigenvalue weighted by molar-refractivity contribution is -0.308. The van der Waals surface area contributed by atoms with E-state index in [0.29, 0.717) is 0 Å². The molecular weight excluding hydrogens is 236 g/mol. The van der Waals surface area contributed by atoms with Gasteiger partial charge in [0.2, 0.25) is 0 Å². The summed E-state index contributed by atoms with van der Waals surface area (Å²) in [5.74, 6) is -1.26. The summed E-state index contributed by atoms with van der Waals surface area (Å²) in [4.78, 5) is 10.6. The normalized spacial score (nSPS) is 39.9. The molecule has 0 aromatic carbocycles. The average Bonchev–Trinajstić information content (AvgIpc) is 2.29. The van der Waals surface area contributed by atoms with Crippen molar-refractivity contribution in [2.75, 3.05) is 6.61 Å². The average molecular weight is 252 g/mol. The lowest BCUT2D eigenvalue weighted by Crippen LogP contribution is -2.59. The zero-order valence-electron chi connectivity index (χ0n) is 9.13. The third-order valence-electron chi connectivity index (χ3n) is 2.53. The first kappa shape index (κ1) is 14.3. The van der Waals surface area contributed by atoms with Crippen LogP contribution in [0.15, 0.2) is 0 Å². The second-order valence-electron chi connectivity index (χ2n) is 3.81. The predicted octanol–water partition coefficient (Wildman–Crippen LogP) is -2.72. The molecule has 100 valence electrons. The van der Waals surface area contributed by atoms with Gasteiger partial charge >= 0.3 is 5.97 Å². The molecule has 3 unspecified atom stereocenters. The van der Waals surface area contributed by atoms with Crippen LogP contribution < -0.4 is 0 Å². The van der Waals surface area contributed by atoms with Crippen LogP contribution in [0, 0.1) is 0 Å². The number of rotatable bonds is 4. The Kier molecular flexibility index (Phi) is 4.80. The summed E-state index contributed by atoms with van der Waals surface area (Å²) in [6.45, 7) is 0.635. The van der Waals surface area contributed by atoms with Crippen molar-refractivity contribution in [2.24, 2.45) is 0 Å². The van der Waals surface area contributed by atoms with Crippen LogP contribution in [0.2, 0.25) is 0 Å². The third kappa shape index (κ3) is 3.12. The molecule has 1 saturated heterocycles. The van der Waals surface area contributed by atoms with Crippen LogP contribution in [0.3, 0.4) is 0 Å². The SMILES string of the molecule is C[C@H](OC1OC(CO)[C@H](O)[C@H](O)C1O)C(=O)O. The van der Waals surface area contributed by atoms with Crippen molar-refractivity contribution in [3.63, 3.8) is 0 Å². The van der Waals surface area contributed by atoms with Crippen molar-refractivity contribution in [2.45, 2.75) is 43.7 Å². The van der Waals surface area contributed by atoms with Gasteiger partial charge in [0.05, 0.1) is 6.61 Å². The molecule has 1 fully saturated rings. The molecule has 5 N–H and O–H groups in total. The highest BCUT2D eigenvalue weighted by Gasteiger charge is 2.44. The van der Waals surface area contributed by atoms with E-state index in [-0.39, 0.29) is 0 Å². The Hall–Kier alpha value is -0.770. The fraction of sp³-hybridized carbons (Fsp3) is 0.889. The quantitative estimate of drug-likeness (QED) is 0.364. The molecule has 0 bridgehead atoms. The summed E-state index contributed by atoms with van der Waals surface area (Å²) in [6, 6.07) is 0. The molecule has 1 rings (SSSR count). The van der Waals surface area contributed by atoms with Crippen LogP contribution in [0.4, 0.5) is 0 Å². The van der Waals surface area contributed by atoms with Crippen molar-refractivity contribution in [3.8, 4) is 0 Å². The molecule has 0 aromatic heterocycles. The number of hydrogen-bond donors (Lipinski definition) is 5. The predicted molar refractivity (Wildman–Crippen MR) is 52.0 cm³/mol. The molecule has 17 heavy (non-hydrogen) atoms. The first-order chi connectivity index (χ1) is 7.88. The van der Waals surface area contributed by atoms with Gasteiger partial charge in [0.1, 0.15) is 24.4 Å². The van der Waals surface area contributed by atoms with Crippen LogP contribution >= 0.6 is 0 Å². The number of carbonyl (C=O) groups is 1. The van der Waals surface area contributed by atoms with Gasteiger partial charge in [-0.15, -0.1) is 0 Å². The lowest BCUT2D eigenvalue weighted by atomic mass is 9.99. The van der Waals surface area contributed by atoms with Gasteiger partial charge in [-0.2, -0.15) is 0 Å². The van der Waals surface area contributed by atoms with E-state index in [4.69, 9.17) is 19.7 Å². The van der Waals surface area contributed by atoms with Crippen molar-refractivity contribution in [1.82, 2.24) is 0 Å². The Morgan fingerprint density at radius 3 is 2.35 bits per heavy atom. The summed E-state index contributed by atoms with van der Waals surface area (Å²) in [5, 5.41) is 45.9. The van der Waals surface area contributed by atoms with E-state index < -0.39 is 49.4 Å². The van der Waals surface area contributed by atoms with E-state index in [2.05, 4.69) is 0 Å². The van der Waals surface area contributed by atoms with Crippen LogP contribution in [0.1, 0.15) is 6.92 Å². The van der Waals surface area contributed by atoms with E-state index in [1.165, 1.54) is 6.92 Å². The molecule has 1 aliphatic rings. The smallest absolute Gasteiger partial charge is 0.332 e. The number of ether oxygens (including phenoxy) is 2. The number of aliphatic hydroxyl groups is 4. The van der Waals surface area contributed by atoms with Gasteiger partial charge in [-0.05, 0) is 6.92 Å². The monoisotopic (exact) mass is 252 g/mol. The summed E-state index contributed by atoms with van der Waals surface area (Å²) >= 11 is 0. The van der Waals surface area contributed by atoms with Crippen LogP contribution in [0.5, 0.6) is 0 Å². The van der Waals surface area contributed by atoms with Crippen molar-refractivity contribution >= 4 is 5.97 Å². The molecule has 0 amide bonds. The van der Waals surface area contributed by atoms with Crippen LogP contribution in [-0.4, -0.2) is 74.9 Å². The Morgan fingerprint density at radius 1 is 1.29 bits per heavy atom. The van der Waals surface area contributed by atoms with Gasteiger partial charge in [0.15, 0.2) is 12.4 Å². The van der Waals surface area contributed by atoms with Gasteiger partial charge in [-0.1, -0.05) is 0 Å². The fourth-order valence-electron chi connectivity index (χ4n) is 1.44. The number of carboxylic acid groups (broad SMARTS) is 1. The topological polar surface area (TPSA) is 137 Å². The third-order valence-corrected chi connectivity index (χ3v) is 2.53. The lowest BCUT2D eigenvalue weighted by Gasteiger charge is -2.40. The van der Waals surface area contributed by atoms with E-state index in [1.54, 1.807) is 0 Å². The minimum Gasteiger partial charge on any atom is -0.479 e. The maximum Gasteiger partial charge on any atom is 0.332 e. The standard InChI is InChI=1S/C9H16O8/c1-3(8(14)15)16-9-7(13)6(12)5(11)4(2-10)17-9/h3-7,9-13H,2H2,1H3,(H,14,15)/t3-,4?,5-,6-,7?,9?/m0/s1. The van der Waals surface area contributed by atoms with E-state index >= 15 is 0 Å². The minimum absolute atomic E-state index is 0.591. The second kappa shape index (κ2) is 5.71. The Labute approximate surface area is 97.0 Å². The molecule has 0 aliphatic carbocycles. The molecule has 0 radical (unpaired) electrons. The van der Waals surface area contributed by atoms with E-state index in [1.807, 2.05) is 0 Å². The van der Waals surface area contributed by atoms with Gasteiger partial charge < -0.3 is 35.0 Å². The highest BCUT2D eigenvalue weighted by atomic mass is 16.7. The molecule has 0 spiro atoms. The molecule has 1 aliphatic heterocycles. The van der Waals surface area contributed by atoms with Gasteiger partial charge in [0, 0.05) is 0 Å². The van der Waals surface area contributed by atoms with Gasteiger partial charge in [-0.25, -0.2) is 4.79 Å². The number of carboxylic acids is 1. The van der Waals surface area contributed by atoms with E-state index in [9.17, 15) is 20.1 Å². The highest BCUT2D eigenvalue weighted by Crippen LogP contribution is 2.22. The number of hydrogen-bond acceptors (Lipinski definition) is 7. The van der Waals surface area contributed by atoms with Crippen molar-refractivity contribution in [1.29, 1.82) is 0 Å². The van der Waals surface area contributed by atoms with Crippen molar-refractivity contribution in [3.05, 3.63) is 0 Å². The first-order valence-corrected chi connectivity index (χ1v) is 5.07. The summed E-state index contributed by atoms with van der Waals surface area (Å²) in [7, 11) is 0. The molecule has 0 aromatic rings. The molecule has 6 atom stereocenters. The molecule has 8 heteroatoms. The molecule has 0 saturated carbocycles. The first-order valence-electron chi connectivity index (χ1n) is 5.07. The highest BCUT2D eigenvalue weighted by molar-refractivity contribution is 5.71. The molecule has 8 nitrogen and oxygen atoms in total. The second-order valence-corrected chi connectivity index (χ2v) is 3.81. The molecular formula is C9H16O8. The van der Waals surface area contributed by atoms with E-state index in [0.717, 1.165) is 0 Å². The maximum atomic E-state index is 10.6. The molecule has 1 heterocycles.